The van der Waals surface area contributed by atoms with Gasteiger partial charge in [-0.1, -0.05) is 0 Å². The number of aromatic nitrogens is 1. The van der Waals surface area contributed by atoms with Gasteiger partial charge in [0, 0.05) is 31.4 Å². The van der Waals surface area contributed by atoms with Crippen molar-refractivity contribution in [3.05, 3.63) is 42.5 Å². The molecule has 7 heteroatoms. The molecule has 0 saturated heterocycles. The van der Waals surface area contributed by atoms with Crippen LogP contribution in [-0.4, -0.2) is 20.4 Å². The summed E-state index contributed by atoms with van der Waals surface area (Å²) in [6.07, 6.45) is 4.43. The third-order valence-electron chi connectivity index (χ3n) is 2.34. The molecule has 0 fully saturated rings. The second-order valence-corrected chi connectivity index (χ2v) is 5.35. The first-order chi connectivity index (χ1) is 8.62. The van der Waals surface area contributed by atoms with E-state index in [1.165, 1.54) is 30.9 Å². The fourth-order valence-electron chi connectivity index (χ4n) is 1.37. The summed E-state index contributed by atoms with van der Waals surface area (Å²) in [6.45, 7) is 0.191. The number of pyridine rings is 1. The van der Waals surface area contributed by atoms with Crippen LogP contribution in [0.3, 0.4) is 0 Å². The average molecular weight is 267 g/mol. The number of sulfonamides is 1. The largest absolute Gasteiger partial charge is 0.472 e. The maximum Gasteiger partial charge on any atom is 0.241 e. The number of hydrogen-bond donors (Lipinski definition) is 2. The van der Waals surface area contributed by atoms with E-state index < -0.39 is 10.0 Å². The van der Waals surface area contributed by atoms with Gasteiger partial charge < -0.3 is 9.73 Å². The molecular formula is C11H13N3O3S. The minimum absolute atomic E-state index is 0.172. The minimum atomic E-state index is -3.54. The Balaban J connectivity index is 2.14. The molecule has 2 aromatic heterocycles. The molecule has 0 aliphatic rings. The van der Waals surface area contributed by atoms with E-state index >= 15 is 0 Å². The van der Waals surface area contributed by atoms with Crippen LogP contribution >= 0.6 is 0 Å². The van der Waals surface area contributed by atoms with Gasteiger partial charge >= 0.3 is 0 Å². The SMILES string of the molecule is CNc1cc(S(=O)(=O)NCc2ccoc2)ccn1. The van der Waals surface area contributed by atoms with Crippen LogP contribution in [0.2, 0.25) is 0 Å². The van der Waals surface area contributed by atoms with E-state index in [1.54, 1.807) is 13.1 Å². The smallest absolute Gasteiger partial charge is 0.241 e. The summed E-state index contributed by atoms with van der Waals surface area (Å²) >= 11 is 0. The monoisotopic (exact) mass is 267 g/mol. The maximum atomic E-state index is 12.0. The Morgan fingerprint density at radius 3 is 2.89 bits per heavy atom. The normalized spacial score (nSPS) is 11.4. The molecule has 0 spiro atoms. The second-order valence-electron chi connectivity index (χ2n) is 3.58. The third kappa shape index (κ3) is 2.88. The van der Waals surface area contributed by atoms with Crippen LogP contribution in [0.4, 0.5) is 5.82 Å². The Hall–Kier alpha value is -1.86. The lowest BCUT2D eigenvalue weighted by molar-refractivity contribution is 0.561. The quantitative estimate of drug-likeness (QED) is 0.850. The summed E-state index contributed by atoms with van der Waals surface area (Å²) in [5.74, 6) is 0.501. The Kier molecular flexibility index (Phi) is 3.63. The van der Waals surface area contributed by atoms with E-state index in [0.29, 0.717) is 5.82 Å². The van der Waals surface area contributed by atoms with E-state index in [9.17, 15) is 8.42 Å². The van der Waals surface area contributed by atoms with Crippen molar-refractivity contribution in [1.82, 2.24) is 9.71 Å². The van der Waals surface area contributed by atoms with E-state index in [1.807, 2.05) is 0 Å². The summed E-state index contributed by atoms with van der Waals surface area (Å²) in [5, 5.41) is 2.79. The molecule has 6 nitrogen and oxygen atoms in total. The topological polar surface area (TPSA) is 84.2 Å². The van der Waals surface area contributed by atoms with Crippen molar-refractivity contribution in [2.45, 2.75) is 11.4 Å². The van der Waals surface area contributed by atoms with Crippen LogP contribution in [0.25, 0.3) is 0 Å². The van der Waals surface area contributed by atoms with Crippen LogP contribution in [0.5, 0.6) is 0 Å². The number of rotatable bonds is 5. The number of anilines is 1. The Morgan fingerprint density at radius 1 is 1.39 bits per heavy atom. The lowest BCUT2D eigenvalue weighted by Gasteiger charge is -2.06. The molecular weight excluding hydrogens is 254 g/mol. The highest BCUT2D eigenvalue weighted by molar-refractivity contribution is 7.89. The zero-order chi connectivity index (χ0) is 13.0. The first-order valence-electron chi connectivity index (χ1n) is 5.26. The highest BCUT2D eigenvalue weighted by Gasteiger charge is 2.14. The summed E-state index contributed by atoms with van der Waals surface area (Å²) < 4.78 is 31.3. The Morgan fingerprint density at radius 2 is 2.22 bits per heavy atom. The van der Waals surface area contributed by atoms with Gasteiger partial charge in [0.1, 0.15) is 5.82 Å². The summed E-state index contributed by atoms with van der Waals surface area (Å²) in [7, 11) is -1.86. The molecule has 0 atom stereocenters. The van der Waals surface area contributed by atoms with E-state index in [-0.39, 0.29) is 11.4 Å². The zero-order valence-electron chi connectivity index (χ0n) is 9.75. The molecule has 0 aliphatic heterocycles. The Labute approximate surface area is 105 Å². The van der Waals surface area contributed by atoms with Crippen molar-refractivity contribution in [3.8, 4) is 0 Å². The summed E-state index contributed by atoms with van der Waals surface area (Å²) in [4.78, 5) is 4.13. The molecule has 96 valence electrons. The molecule has 2 aromatic rings. The van der Waals surface area contributed by atoms with Crippen molar-refractivity contribution in [2.75, 3.05) is 12.4 Å². The lowest BCUT2D eigenvalue weighted by Crippen LogP contribution is -2.23. The van der Waals surface area contributed by atoms with Crippen molar-refractivity contribution < 1.29 is 12.8 Å². The number of hydrogen-bond acceptors (Lipinski definition) is 5. The minimum Gasteiger partial charge on any atom is -0.472 e. The van der Waals surface area contributed by atoms with Crippen LogP contribution in [0.1, 0.15) is 5.56 Å². The molecule has 0 bridgehead atoms. The van der Waals surface area contributed by atoms with Gasteiger partial charge in [-0.3, -0.25) is 0 Å². The molecule has 0 unspecified atom stereocenters. The van der Waals surface area contributed by atoms with Crippen molar-refractivity contribution >= 4 is 15.8 Å². The molecule has 0 aliphatic carbocycles. The maximum absolute atomic E-state index is 12.0. The van der Waals surface area contributed by atoms with Gasteiger partial charge in [-0.2, -0.15) is 0 Å². The fraction of sp³-hybridized carbons (Fsp3) is 0.182. The van der Waals surface area contributed by atoms with Crippen LogP contribution in [0, 0.1) is 0 Å². The van der Waals surface area contributed by atoms with Crippen molar-refractivity contribution in [2.24, 2.45) is 0 Å². The van der Waals surface area contributed by atoms with Crippen LogP contribution < -0.4 is 10.0 Å². The molecule has 2 N–H and O–H groups in total. The number of nitrogens with zero attached hydrogens (tertiary/aromatic N) is 1. The molecule has 0 aromatic carbocycles. The standard InChI is InChI=1S/C11H13N3O3S/c1-12-11-6-10(2-4-13-11)18(15,16)14-7-9-3-5-17-8-9/h2-6,8,14H,7H2,1H3,(H,12,13). The van der Waals surface area contributed by atoms with Gasteiger partial charge in [0.15, 0.2) is 0 Å². The van der Waals surface area contributed by atoms with Gasteiger partial charge in [-0.05, 0) is 12.1 Å². The fourth-order valence-corrected chi connectivity index (χ4v) is 2.40. The average Bonchev–Trinajstić information content (AvgIpc) is 2.90. The molecule has 2 heterocycles. The first-order valence-corrected chi connectivity index (χ1v) is 6.75. The number of nitrogens with one attached hydrogen (secondary N) is 2. The summed E-state index contributed by atoms with van der Waals surface area (Å²) in [6, 6.07) is 4.62. The van der Waals surface area contributed by atoms with Crippen LogP contribution in [-0.2, 0) is 16.6 Å². The van der Waals surface area contributed by atoms with Gasteiger partial charge in [-0.15, -0.1) is 0 Å². The van der Waals surface area contributed by atoms with Crippen molar-refractivity contribution in [1.29, 1.82) is 0 Å². The molecule has 0 amide bonds. The van der Waals surface area contributed by atoms with Gasteiger partial charge in [0.25, 0.3) is 0 Å². The predicted molar refractivity (Wildman–Crippen MR) is 66.5 cm³/mol. The van der Waals surface area contributed by atoms with Crippen LogP contribution in [0.15, 0.2) is 46.2 Å². The van der Waals surface area contributed by atoms with Gasteiger partial charge in [0.05, 0.1) is 17.4 Å². The Bertz CT molecular complexity index is 608. The molecule has 18 heavy (non-hydrogen) atoms. The van der Waals surface area contributed by atoms with E-state index in [2.05, 4.69) is 15.0 Å². The third-order valence-corrected chi connectivity index (χ3v) is 3.74. The van der Waals surface area contributed by atoms with E-state index in [4.69, 9.17) is 4.42 Å². The highest BCUT2D eigenvalue weighted by Crippen LogP contribution is 2.12. The first kappa shape index (κ1) is 12.6. The number of furan rings is 1. The highest BCUT2D eigenvalue weighted by atomic mass is 32.2. The van der Waals surface area contributed by atoms with E-state index in [0.717, 1.165) is 5.56 Å². The zero-order valence-corrected chi connectivity index (χ0v) is 10.6. The lowest BCUT2D eigenvalue weighted by atomic mass is 10.4. The molecule has 2 rings (SSSR count). The van der Waals surface area contributed by atoms with Crippen molar-refractivity contribution in [3.63, 3.8) is 0 Å². The second kappa shape index (κ2) is 5.19. The predicted octanol–water partition coefficient (Wildman–Crippen LogP) is 1.19. The van der Waals surface area contributed by atoms with Gasteiger partial charge in [-0.25, -0.2) is 18.1 Å². The summed E-state index contributed by atoms with van der Waals surface area (Å²) in [5.41, 5.74) is 0.765. The molecule has 0 saturated carbocycles. The van der Waals surface area contributed by atoms with Gasteiger partial charge in [0.2, 0.25) is 10.0 Å². The molecule has 0 radical (unpaired) electrons.